The summed E-state index contributed by atoms with van der Waals surface area (Å²) in [6.07, 6.45) is 0.888. The van der Waals surface area contributed by atoms with Crippen LogP contribution >= 0.6 is 45.5 Å². The van der Waals surface area contributed by atoms with Gasteiger partial charge in [0.25, 0.3) is 0 Å². The number of hydrogen-bond acceptors (Lipinski definition) is 2. The van der Waals surface area contributed by atoms with Crippen LogP contribution < -0.4 is 0 Å². The Morgan fingerprint density at radius 3 is 2.93 bits per heavy atom. The second-order valence-corrected chi connectivity index (χ2v) is 5.36. The smallest absolute Gasteiger partial charge is 0.160 e. The number of fused-ring (bicyclic) bond motifs is 1. The average molecular weight is 337 g/mol. The summed E-state index contributed by atoms with van der Waals surface area (Å²) in [5, 5.41) is 1.14. The molecule has 0 aliphatic rings. The van der Waals surface area contributed by atoms with Crippen LogP contribution in [0.4, 0.5) is 0 Å². The maximum Gasteiger partial charge on any atom is 0.160 e. The zero-order valence-electron chi connectivity index (χ0n) is 7.09. The van der Waals surface area contributed by atoms with Crippen LogP contribution in [-0.2, 0) is 5.88 Å². The Bertz CT molecular complexity index is 492. The van der Waals surface area contributed by atoms with E-state index in [1.54, 1.807) is 0 Å². The molecule has 1 aromatic heterocycles. The number of rotatable bonds is 2. The van der Waals surface area contributed by atoms with Crippen LogP contribution in [0.15, 0.2) is 18.2 Å². The molecule has 0 fully saturated rings. The van der Waals surface area contributed by atoms with Crippen molar-refractivity contribution in [2.45, 2.75) is 5.88 Å². The highest BCUT2D eigenvalue weighted by molar-refractivity contribution is 14.1. The van der Waals surface area contributed by atoms with Crippen LogP contribution in [0.2, 0.25) is 0 Å². The predicted octanol–water partition coefficient (Wildman–Crippen LogP) is 4.06. The third-order valence-corrected chi connectivity index (χ3v) is 4.36. The predicted molar refractivity (Wildman–Crippen MR) is 69.5 cm³/mol. The fourth-order valence-corrected chi connectivity index (χ4v) is 3.43. The van der Waals surface area contributed by atoms with Crippen LogP contribution in [-0.4, -0.2) is 6.29 Å². The molecule has 0 bridgehead atoms. The van der Waals surface area contributed by atoms with Crippen molar-refractivity contribution in [3.8, 4) is 0 Å². The third kappa shape index (κ3) is 1.68. The fourth-order valence-electron chi connectivity index (χ4n) is 1.33. The second kappa shape index (κ2) is 4.16. The summed E-state index contributed by atoms with van der Waals surface area (Å²) in [6, 6.07) is 5.97. The van der Waals surface area contributed by atoms with E-state index in [0.717, 1.165) is 30.4 Å². The quantitative estimate of drug-likeness (QED) is 0.459. The Morgan fingerprint density at radius 1 is 1.50 bits per heavy atom. The number of carbonyl (C=O) groups excluding carboxylic acids is 1. The standard InChI is InChI=1S/C10H6ClIOS/c11-4-6-1-2-9(12)8-3-7(5-13)14-10(6)8/h1-3,5H,4H2. The summed E-state index contributed by atoms with van der Waals surface area (Å²) in [7, 11) is 0. The first kappa shape index (κ1) is 10.4. The summed E-state index contributed by atoms with van der Waals surface area (Å²) in [4.78, 5) is 11.4. The number of aldehydes is 1. The summed E-state index contributed by atoms with van der Waals surface area (Å²) >= 11 is 9.60. The molecule has 4 heteroatoms. The number of benzene rings is 1. The number of carbonyl (C=O) groups is 1. The van der Waals surface area contributed by atoms with E-state index in [1.807, 2.05) is 18.2 Å². The molecule has 0 radical (unpaired) electrons. The van der Waals surface area contributed by atoms with Crippen molar-refractivity contribution in [1.29, 1.82) is 0 Å². The molecule has 0 N–H and O–H groups in total. The van der Waals surface area contributed by atoms with Crippen LogP contribution in [0.5, 0.6) is 0 Å². The lowest BCUT2D eigenvalue weighted by atomic mass is 10.2. The van der Waals surface area contributed by atoms with Crippen molar-refractivity contribution in [3.63, 3.8) is 0 Å². The molecule has 1 heterocycles. The molecule has 0 aliphatic heterocycles. The Balaban J connectivity index is 2.81. The van der Waals surface area contributed by atoms with Gasteiger partial charge in [-0.2, -0.15) is 0 Å². The normalized spacial score (nSPS) is 10.7. The van der Waals surface area contributed by atoms with E-state index in [4.69, 9.17) is 11.6 Å². The van der Waals surface area contributed by atoms with Gasteiger partial charge in [0.15, 0.2) is 6.29 Å². The average Bonchev–Trinajstić information content (AvgIpc) is 2.63. The molecule has 0 atom stereocenters. The topological polar surface area (TPSA) is 17.1 Å². The molecule has 0 saturated heterocycles. The van der Waals surface area contributed by atoms with E-state index in [9.17, 15) is 4.79 Å². The molecule has 72 valence electrons. The van der Waals surface area contributed by atoms with Gasteiger partial charge in [-0.05, 0) is 40.3 Å². The van der Waals surface area contributed by atoms with E-state index in [1.165, 1.54) is 11.3 Å². The Morgan fingerprint density at radius 2 is 2.29 bits per heavy atom. The highest BCUT2D eigenvalue weighted by atomic mass is 127. The van der Waals surface area contributed by atoms with E-state index >= 15 is 0 Å². The van der Waals surface area contributed by atoms with Gasteiger partial charge in [0.2, 0.25) is 0 Å². The second-order valence-electron chi connectivity index (χ2n) is 2.85. The zero-order chi connectivity index (χ0) is 10.1. The minimum atomic E-state index is 0.492. The maximum absolute atomic E-state index is 10.7. The van der Waals surface area contributed by atoms with Crippen molar-refractivity contribution in [1.82, 2.24) is 0 Å². The van der Waals surface area contributed by atoms with Crippen molar-refractivity contribution < 1.29 is 4.79 Å². The van der Waals surface area contributed by atoms with Crippen molar-refractivity contribution in [2.75, 3.05) is 0 Å². The molecule has 1 nitrogen and oxygen atoms in total. The highest BCUT2D eigenvalue weighted by Gasteiger charge is 2.08. The first-order valence-corrected chi connectivity index (χ1v) is 6.41. The Kier molecular flexibility index (Phi) is 3.09. The Labute approximate surface area is 104 Å². The first-order valence-electron chi connectivity index (χ1n) is 3.98. The van der Waals surface area contributed by atoms with Crippen LogP contribution in [0.3, 0.4) is 0 Å². The van der Waals surface area contributed by atoms with Crippen LogP contribution in [0, 0.1) is 3.57 Å². The van der Waals surface area contributed by atoms with Gasteiger partial charge in [-0.3, -0.25) is 4.79 Å². The molecular weight excluding hydrogens is 331 g/mol. The fraction of sp³-hybridized carbons (Fsp3) is 0.100. The van der Waals surface area contributed by atoms with Crippen LogP contribution in [0.25, 0.3) is 10.1 Å². The molecule has 0 amide bonds. The molecule has 2 rings (SSSR count). The summed E-state index contributed by atoms with van der Waals surface area (Å²) in [5.41, 5.74) is 1.10. The minimum absolute atomic E-state index is 0.492. The van der Waals surface area contributed by atoms with Crippen LogP contribution in [0.1, 0.15) is 15.2 Å². The summed E-state index contributed by atoms with van der Waals surface area (Å²) < 4.78 is 2.30. The van der Waals surface area contributed by atoms with E-state index in [0.29, 0.717) is 5.88 Å². The van der Waals surface area contributed by atoms with Gasteiger partial charge in [-0.25, -0.2) is 0 Å². The Hall–Kier alpha value is -0.130. The molecule has 1 aromatic carbocycles. The van der Waals surface area contributed by atoms with Gasteiger partial charge in [-0.1, -0.05) is 6.07 Å². The monoisotopic (exact) mass is 336 g/mol. The molecule has 0 saturated carbocycles. The number of alkyl halides is 1. The molecule has 14 heavy (non-hydrogen) atoms. The molecule has 0 aliphatic carbocycles. The van der Waals surface area contributed by atoms with Gasteiger partial charge in [0.1, 0.15) is 0 Å². The van der Waals surface area contributed by atoms with Crippen molar-refractivity contribution in [2.24, 2.45) is 0 Å². The number of hydrogen-bond donors (Lipinski definition) is 0. The lowest BCUT2D eigenvalue weighted by Gasteiger charge is -1.98. The maximum atomic E-state index is 10.7. The lowest BCUT2D eigenvalue weighted by molar-refractivity contribution is 0.112. The van der Waals surface area contributed by atoms with Crippen molar-refractivity contribution in [3.05, 3.63) is 32.2 Å². The molecule has 0 unspecified atom stereocenters. The van der Waals surface area contributed by atoms with E-state index in [2.05, 4.69) is 22.6 Å². The van der Waals surface area contributed by atoms with Gasteiger partial charge in [-0.15, -0.1) is 22.9 Å². The van der Waals surface area contributed by atoms with Gasteiger partial charge in [0.05, 0.1) is 4.88 Å². The largest absolute Gasteiger partial charge is 0.297 e. The van der Waals surface area contributed by atoms with E-state index < -0.39 is 0 Å². The van der Waals surface area contributed by atoms with Gasteiger partial charge >= 0.3 is 0 Å². The molecular formula is C10H6ClIOS. The number of halogens is 2. The summed E-state index contributed by atoms with van der Waals surface area (Å²) in [6.45, 7) is 0. The molecule has 0 spiro atoms. The highest BCUT2D eigenvalue weighted by Crippen LogP contribution is 2.32. The molecule has 2 aromatic rings. The van der Waals surface area contributed by atoms with Gasteiger partial charge in [0, 0.05) is 19.5 Å². The van der Waals surface area contributed by atoms with Gasteiger partial charge < -0.3 is 0 Å². The van der Waals surface area contributed by atoms with E-state index in [-0.39, 0.29) is 0 Å². The third-order valence-electron chi connectivity index (χ3n) is 1.99. The number of thiophene rings is 1. The zero-order valence-corrected chi connectivity index (χ0v) is 10.8. The SMILES string of the molecule is O=Cc1cc2c(I)ccc(CCl)c2s1. The first-order chi connectivity index (χ1) is 6.76. The summed E-state index contributed by atoms with van der Waals surface area (Å²) in [5.74, 6) is 0.492. The lowest BCUT2D eigenvalue weighted by Crippen LogP contribution is -1.79. The minimum Gasteiger partial charge on any atom is -0.297 e. The van der Waals surface area contributed by atoms with Crippen molar-refractivity contribution >= 4 is 61.9 Å².